The molecule has 5 aromatic rings. The van der Waals surface area contributed by atoms with E-state index in [4.69, 9.17) is 51.1 Å². The van der Waals surface area contributed by atoms with Crippen molar-refractivity contribution in [3.63, 3.8) is 0 Å². The number of hydrogen-bond donors (Lipinski definition) is 0. The number of halogens is 4. The molecule has 0 aliphatic rings. The zero-order valence-electron chi connectivity index (χ0n) is 26.0. The molecule has 47 heavy (non-hydrogen) atoms. The molecule has 0 atom stereocenters. The normalized spacial score (nSPS) is 11.2. The Morgan fingerprint density at radius 2 is 1.30 bits per heavy atom. The molecule has 0 N–H and O–H groups in total. The van der Waals surface area contributed by atoms with Crippen molar-refractivity contribution in [1.82, 2.24) is 9.47 Å². The summed E-state index contributed by atoms with van der Waals surface area (Å²) in [6, 6.07) is 25.1. The van der Waals surface area contributed by atoms with Crippen LogP contribution < -0.4 is 0 Å². The molecule has 0 spiro atoms. The summed E-state index contributed by atoms with van der Waals surface area (Å²) in [5, 5.41) is 3.13. The third-order valence-electron chi connectivity index (χ3n) is 7.57. The Bertz CT molecular complexity index is 1930. The lowest BCUT2D eigenvalue weighted by Gasteiger charge is -2.14. The van der Waals surface area contributed by atoms with Crippen LogP contribution in [-0.4, -0.2) is 54.1 Å². The highest BCUT2D eigenvalue weighted by atomic mass is 35.5. The van der Waals surface area contributed by atoms with Gasteiger partial charge in [0.05, 0.1) is 32.7 Å². The van der Waals surface area contributed by atoms with E-state index in [1.807, 2.05) is 71.3 Å². The van der Waals surface area contributed by atoms with Gasteiger partial charge < -0.3 is 14.2 Å². The number of carbonyl (C=O) groups excluding carboxylic acids is 2. The Balaban J connectivity index is 1.48. The van der Waals surface area contributed by atoms with E-state index >= 15 is 0 Å². The zero-order chi connectivity index (χ0) is 33.7. The van der Waals surface area contributed by atoms with Gasteiger partial charge in [0.15, 0.2) is 0 Å². The highest BCUT2D eigenvalue weighted by Gasteiger charge is 2.20. The third kappa shape index (κ3) is 8.83. The number of hydrogen-bond acceptors (Lipinski definition) is 5. The first-order valence-corrected chi connectivity index (χ1v) is 18.2. The molecule has 0 aliphatic heterocycles. The maximum Gasteiger partial charge on any atom is 0.354 e. The van der Waals surface area contributed by atoms with Gasteiger partial charge in [0.1, 0.15) is 5.69 Å². The fourth-order valence-electron chi connectivity index (χ4n) is 5.10. The number of esters is 1. The predicted molar refractivity (Wildman–Crippen MR) is 199 cm³/mol. The van der Waals surface area contributed by atoms with Crippen molar-refractivity contribution in [2.45, 2.75) is 29.2 Å². The van der Waals surface area contributed by atoms with E-state index in [-0.39, 0.29) is 5.91 Å². The summed E-state index contributed by atoms with van der Waals surface area (Å²) < 4.78 is 7.21. The maximum atomic E-state index is 13.1. The number of amides is 1. The predicted octanol–water partition coefficient (Wildman–Crippen LogP) is 10.5. The molecule has 0 unspecified atom stereocenters. The second-order valence-corrected chi connectivity index (χ2v) is 15.0. The zero-order valence-corrected chi connectivity index (χ0v) is 30.6. The van der Waals surface area contributed by atoms with Crippen molar-refractivity contribution in [2.75, 3.05) is 32.7 Å². The molecule has 0 fully saturated rings. The van der Waals surface area contributed by atoms with Crippen molar-refractivity contribution in [3.05, 3.63) is 127 Å². The smallest absolute Gasteiger partial charge is 0.354 e. The van der Waals surface area contributed by atoms with E-state index in [1.165, 1.54) is 7.11 Å². The minimum atomic E-state index is -0.416. The van der Waals surface area contributed by atoms with Crippen LogP contribution >= 0.6 is 69.9 Å². The van der Waals surface area contributed by atoms with E-state index in [0.29, 0.717) is 37.9 Å². The number of methoxy groups -OCH3 is 1. The SMILES string of the molecule is COC(=O)c1cc2c(SCCc3ccc(Cl)c(Cl)c3)cc(SCCc3ccc(Cl)c(Cl)c3)cc2n1Cc1ccc(C(=O)N(C)C)cc1. The van der Waals surface area contributed by atoms with E-state index in [2.05, 4.69) is 12.1 Å². The van der Waals surface area contributed by atoms with Crippen LogP contribution in [0.25, 0.3) is 10.9 Å². The van der Waals surface area contributed by atoms with Crippen LogP contribution in [0, 0.1) is 0 Å². The van der Waals surface area contributed by atoms with E-state index < -0.39 is 5.97 Å². The van der Waals surface area contributed by atoms with Crippen molar-refractivity contribution in [3.8, 4) is 0 Å². The number of ether oxygens (including phenoxy) is 1. The Hall–Kier alpha value is -2.78. The molecule has 0 aliphatic carbocycles. The first-order valence-electron chi connectivity index (χ1n) is 14.7. The van der Waals surface area contributed by atoms with E-state index in [9.17, 15) is 9.59 Å². The topological polar surface area (TPSA) is 51.5 Å². The van der Waals surface area contributed by atoms with Crippen LogP contribution in [0.3, 0.4) is 0 Å². The van der Waals surface area contributed by atoms with Gasteiger partial charge in [-0.05, 0) is 84.1 Å². The van der Waals surface area contributed by atoms with Crippen molar-refractivity contribution < 1.29 is 14.3 Å². The largest absolute Gasteiger partial charge is 0.464 e. The second kappa shape index (κ2) is 16.1. The van der Waals surface area contributed by atoms with Crippen LogP contribution in [0.4, 0.5) is 0 Å². The summed E-state index contributed by atoms with van der Waals surface area (Å²) in [5.41, 5.74) is 5.15. The number of carbonyl (C=O) groups is 2. The van der Waals surface area contributed by atoms with Crippen LogP contribution in [0.15, 0.2) is 88.7 Å². The molecule has 0 saturated heterocycles. The van der Waals surface area contributed by atoms with Gasteiger partial charge in [0.2, 0.25) is 0 Å². The van der Waals surface area contributed by atoms with Gasteiger partial charge >= 0.3 is 5.97 Å². The Labute approximate surface area is 303 Å². The lowest BCUT2D eigenvalue weighted by molar-refractivity contribution is 0.0589. The Kier molecular flexibility index (Phi) is 12.2. The second-order valence-electron chi connectivity index (χ2n) is 11.1. The summed E-state index contributed by atoms with van der Waals surface area (Å²) in [6.07, 6.45) is 1.60. The van der Waals surface area contributed by atoms with Crippen LogP contribution in [-0.2, 0) is 24.1 Å². The van der Waals surface area contributed by atoms with Gasteiger partial charge in [-0.3, -0.25) is 4.79 Å². The fourth-order valence-corrected chi connectivity index (χ4v) is 7.87. The summed E-state index contributed by atoms with van der Waals surface area (Å²) in [4.78, 5) is 29.2. The lowest BCUT2D eigenvalue weighted by atomic mass is 10.1. The number of fused-ring (bicyclic) bond motifs is 1. The average Bonchev–Trinajstić information content (AvgIpc) is 3.42. The summed E-state index contributed by atoms with van der Waals surface area (Å²) in [5.74, 6) is 1.14. The maximum absolute atomic E-state index is 13.1. The van der Waals surface area contributed by atoms with Crippen molar-refractivity contribution >= 4 is 92.7 Å². The third-order valence-corrected chi connectivity index (χ3v) is 11.1. The number of rotatable bonds is 12. The van der Waals surface area contributed by atoms with Crippen LogP contribution in [0.1, 0.15) is 37.5 Å². The molecule has 1 aromatic heterocycles. The highest BCUT2D eigenvalue weighted by molar-refractivity contribution is 8.00. The quantitative estimate of drug-likeness (QED) is 0.0940. The molecule has 1 amide bonds. The molecule has 0 radical (unpaired) electrons. The number of nitrogens with zero attached hydrogens (tertiary/aromatic N) is 2. The van der Waals surface area contributed by atoms with Crippen molar-refractivity contribution in [2.24, 2.45) is 0 Å². The summed E-state index contributed by atoms with van der Waals surface area (Å²) in [6.45, 7) is 0.426. The summed E-state index contributed by atoms with van der Waals surface area (Å²) >= 11 is 28.2. The molecular formula is C36H32Cl4N2O3S2. The molecule has 4 aromatic carbocycles. The standard InChI is InChI=1S/C36H32Cl4N2O3S2/c1-41(2)35(43)25-8-4-24(5-9-25)21-42-32-18-26(46-14-12-22-6-10-28(37)30(39)16-22)19-34(27(32)20-33(42)36(44)45-3)47-15-13-23-7-11-29(38)31(40)17-23/h4-11,16-20H,12-15,21H2,1-3H3. The monoisotopic (exact) mass is 744 g/mol. The fraction of sp³-hybridized carbons (Fsp3) is 0.222. The molecule has 244 valence electrons. The number of benzene rings is 4. The van der Waals surface area contributed by atoms with E-state index in [0.717, 1.165) is 61.7 Å². The summed E-state index contributed by atoms with van der Waals surface area (Å²) in [7, 11) is 4.85. The average molecular weight is 747 g/mol. The Morgan fingerprint density at radius 1 is 0.723 bits per heavy atom. The number of aromatic nitrogens is 1. The van der Waals surface area contributed by atoms with Crippen LogP contribution in [0.5, 0.6) is 0 Å². The first kappa shape index (κ1) is 35.5. The minimum absolute atomic E-state index is 0.0664. The van der Waals surface area contributed by atoms with Gasteiger partial charge in [0, 0.05) is 52.9 Å². The first-order chi connectivity index (χ1) is 22.5. The van der Waals surface area contributed by atoms with Gasteiger partial charge in [-0.25, -0.2) is 4.79 Å². The molecule has 11 heteroatoms. The molecule has 0 saturated carbocycles. The Morgan fingerprint density at radius 3 is 1.85 bits per heavy atom. The molecule has 0 bridgehead atoms. The highest BCUT2D eigenvalue weighted by Crippen LogP contribution is 2.37. The number of aryl methyl sites for hydroxylation is 2. The number of thioether (sulfide) groups is 2. The van der Waals surface area contributed by atoms with Gasteiger partial charge in [-0.15, -0.1) is 23.5 Å². The lowest BCUT2D eigenvalue weighted by Crippen LogP contribution is -2.21. The van der Waals surface area contributed by atoms with Gasteiger partial charge in [-0.2, -0.15) is 0 Å². The molecule has 1 heterocycles. The van der Waals surface area contributed by atoms with Crippen molar-refractivity contribution in [1.29, 1.82) is 0 Å². The van der Waals surface area contributed by atoms with Gasteiger partial charge in [-0.1, -0.05) is 70.7 Å². The minimum Gasteiger partial charge on any atom is -0.464 e. The van der Waals surface area contributed by atoms with E-state index in [1.54, 1.807) is 42.5 Å². The van der Waals surface area contributed by atoms with Gasteiger partial charge in [0.25, 0.3) is 5.91 Å². The molecular weight excluding hydrogens is 714 g/mol. The molecule has 5 rings (SSSR count). The van der Waals surface area contributed by atoms with Crippen LogP contribution in [0.2, 0.25) is 20.1 Å². The molecule has 5 nitrogen and oxygen atoms in total.